The van der Waals surface area contributed by atoms with Gasteiger partial charge in [-0.25, -0.2) is 18.4 Å². The molecule has 0 spiro atoms. The molecule has 0 aliphatic carbocycles. The Hall–Kier alpha value is -5.07. The Balaban J connectivity index is 1.25. The van der Waals surface area contributed by atoms with Gasteiger partial charge in [0.05, 0.1) is 28.9 Å². The number of nitrogens with zero attached hydrogens (tertiary/aromatic N) is 5. The highest BCUT2D eigenvalue weighted by atomic mass is 32.2. The summed E-state index contributed by atoms with van der Waals surface area (Å²) in [5, 5.41) is 3.63. The van der Waals surface area contributed by atoms with Gasteiger partial charge in [0.2, 0.25) is 5.91 Å². The first-order valence-electron chi connectivity index (χ1n) is 15.0. The smallest absolute Gasteiger partial charge is 0.249 e. The van der Waals surface area contributed by atoms with Crippen molar-refractivity contribution in [1.82, 2.24) is 24.4 Å². The van der Waals surface area contributed by atoms with Crippen LogP contribution in [0, 0.1) is 6.92 Å². The Morgan fingerprint density at radius 3 is 2.57 bits per heavy atom. The Labute approximate surface area is 267 Å². The van der Waals surface area contributed by atoms with E-state index in [4.69, 9.17) is 10.5 Å². The number of nitrogen functional groups attached to an aromatic ring is 1. The van der Waals surface area contributed by atoms with E-state index in [9.17, 15) is 13.2 Å². The van der Waals surface area contributed by atoms with E-state index < -0.39 is 15.7 Å². The first-order valence-corrected chi connectivity index (χ1v) is 16.5. The Bertz CT molecular complexity index is 2020. The van der Waals surface area contributed by atoms with E-state index in [0.29, 0.717) is 17.3 Å². The van der Waals surface area contributed by atoms with Crippen molar-refractivity contribution in [2.75, 3.05) is 31.2 Å². The number of ether oxygens (including phenoxy) is 1. The van der Waals surface area contributed by atoms with Crippen LogP contribution in [0.4, 0.5) is 11.5 Å². The number of carbonyl (C=O) groups excluding carboxylic acids is 1. The van der Waals surface area contributed by atoms with Crippen molar-refractivity contribution >= 4 is 38.3 Å². The summed E-state index contributed by atoms with van der Waals surface area (Å²) in [6, 6.07) is 21.5. The third-order valence-corrected chi connectivity index (χ3v) is 9.55. The second kappa shape index (κ2) is 13.1. The van der Waals surface area contributed by atoms with E-state index in [-0.39, 0.29) is 10.9 Å². The van der Waals surface area contributed by atoms with Crippen LogP contribution in [0.1, 0.15) is 30.3 Å². The van der Waals surface area contributed by atoms with Crippen LogP contribution in [0.15, 0.2) is 95.5 Å². The van der Waals surface area contributed by atoms with Gasteiger partial charge in [0.15, 0.2) is 15.7 Å². The predicted molar refractivity (Wildman–Crippen MR) is 178 cm³/mol. The number of pyridine rings is 1. The number of aromatic nitrogens is 4. The molecule has 0 saturated carbocycles. The van der Waals surface area contributed by atoms with Crippen molar-refractivity contribution in [1.29, 1.82) is 0 Å². The van der Waals surface area contributed by atoms with Gasteiger partial charge in [0, 0.05) is 60.2 Å². The van der Waals surface area contributed by atoms with E-state index in [1.165, 1.54) is 18.5 Å². The number of sulfone groups is 1. The van der Waals surface area contributed by atoms with Gasteiger partial charge in [-0.3, -0.25) is 14.7 Å². The number of nitrogens with two attached hydrogens (primary N) is 1. The van der Waals surface area contributed by atoms with Gasteiger partial charge in [-0.05, 0) is 62.2 Å². The van der Waals surface area contributed by atoms with Crippen LogP contribution in [-0.4, -0.2) is 58.9 Å². The molecule has 0 bridgehead atoms. The van der Waals surface area contributed by atoms with E-state index in [2.05, 4.69) is 35.8 Å². The number of piperidine rings is 1. The number of rotatable bonds is 9. The number of fused-ring (bicyclic) bond motifs is 1. The van der Waals surface area contributed by atoms with Crippen LogP contribution < -0.4 is 15.8 Å². The number of anilines is 2. The topological polar surface area (TPSA) is 145 Å². The molecule has 0 radical (unpaired) electrons. The van der Waals surface area contributed by atoms with Gasteiger partial charge in [-0.2, -0.15) is 0 Å². The molecule has 11 nitrogen and oxygen atoms in total. The molecule has 1 amide bonds. The summed E-state index contributed by atoms with van der Waals surface area (Å²) in [5.41, 5.74) is 12.1. The molecule has 46 heavy (non-hydrogen) atoms. The third-order valence-electron chi connectivity index (χ3n) is 8.12. The van der Waals surface area contributed by atoms with Gasteiger partial charge in [0.1, 0.15) is 17.6 Å². The van der Waals surface area contributed by atoms with Crippen molar-refractivity contribution in [3.05, 3.63) is 102 Å². The SMILES string of the molecule is COc1cc(NC(=O)C=CS(=O)(=O)c2ccccc2)ccc1-c1cc2ncnc(N)c2n1C1CCN(Cc2cccc(C)n2)CC1. The lowest BCUT2D eigenvalue weighted by Gasteiger charge is -2.34. The van der Waals surface area contributed by atoms with Gasteiger partial charge in [-0.1, -0.05) is 24.3 Å². The maximum atomic E-state index is 12.7. The maximum Gasteiger partial charge on any atom is 0.249 e. The highest BCUT2D eigenvalue weighted by molar-refractivity contribution is 7.94. The first-order chi connectivity index (χ1) is 22.2. The quantitative estimate of drug-likeness (QED) is 0.210. The number of amides is 1. The highest BCUT2D eigenvalue weighted by Gasteiger charge is 2.27. The second-order valence-corrected chi connectivity index (χ2v) is 13.1. The molecule has 4 heterocycles. The summed E-state index contributed by atoms with van der Waals surface area (Å²) < 4.78 is 33.1. The monoisotopic (exact) mass is 637 g/mol. The van der Waals surface area contributed by atoms with Gasteiger partial charge >= 0.3 is 0 Å². The molecule has 0 atom stereocenters. The number of likely N-dealkylation sites (tertiary alicyclic amines) is 1. The number of hydrogen-bond acceptors (Lipinski definition) is 9. The van der Waals surface area contributed by atoms with E-state index in [1.54, 1.807) is 37.4 Å². The van der Waals surface area contributed by atoms with Gasteiger partial charge in [0.25, 0.3) is 0 Å². The fourth-order valence-electron chi connectivity index (χ4n) is 5.92. The van der Waals surface area contributed by atoms with E-state index >= 15 is 0 Å². The standard InChI is InChI=1S/C34H35N7O4S/c1-23-7-6-8-25(38-23)21-40-16-13-26(14-17-40)41-30(20-29-33(41)34(35)37-22-36-29)28-12-11-24(19-31(28)45-2)39-32(42)15-18-46(43,44)27-9-4-3-5-10-27/h3-12,15,18-20,22,26H,13-14,16-17,21H2,1-2H3,(H,39,42)(H2,35,36,37). The summed E-state index contributed by atoms with van der Waals surface area (Å²) in [6.45, 7) is 4.59. The summed E-state index contributed by atoms with van der Waals surface area (Å²) in [7, 11) is -2.19. The minimum Gasteiger partial charge on any atom is -0.496 e. The van der Waals surface area contributed by atoms with Crippen LogP contribution in [0.2, 0.25) is 0 Å². The number of aryl methyl sites for hydroxylation is 1. The zero-order valence-corrected chi connectivity index (χ0v) is 26.4. The fraction of sp³-hybridized carbons (Fsp3) is 0.235. The number of hydrogen-bond donors (Lipinski definition) is 2. The average Bonchev–Trinajstić information content (AvgIpc) is 3.45. The number of methoxy groups -OCH3 is 1. The third kappa shape index (κ3) is 6.63. The molecule has 2 aromatic carbocycles. The Kier molecular flexibility index (Phi) is 8.82. The van der Waals surface area contributed by atoms with Crippen molar-refractivity contribution in [2.45, 2.75) is 37.2 Å². The molecule has 0 unspecified atom stereocenters. The Morgan fingerprint density at radius 2 is 1.83 bits per heavy atom. The molecule has 12 heteroatoms. The summed E-state index contributed by atoms with van der Waals surface area (Å²) >= 11 is 0. The predicted octanol–water partition coefficient (Wildman–Crippen LogP) is 5.16. The van der Waals surface area contributed by atoms with E-state index in [0.717, 1.165) is 77.6 Å². The molecule has 1 saturated heterocycles. The summed E-state index contributed by atoms with van der Waals surface area (Å²) in [4.78, 5) is 28.7. The Morgan fingerprint density at radius 1 is 1.04 bits per heavy atom. The molecule has 3 N–H and O–H groups in total. The van der Waals surface area contributed by atoms with Crippen molar-refractivity contribution in [2.24, 2.45) is 0 Å². The molecular weight excluding hydrogens is 602 g/mol. The number of benzene rings is 2. The fourth-order valence-corrected chi connectivity index (χ4v) is 6.92. The van der Waals surface area contributed by atoms with Gasteiger partial charge < -0.3 is 20.4 Å². The molecule has 1 aliphatic heterocycles. The molecule has 5 aromatic rings. The summed E-state index contributed by atoms with van der Waals surface area (Å²) in [5.74, 6) is 0.346. The minimum atomic E-state index is -3.75. The normalized spacial score (nSPS) is 14.6. The van der Waals surface area contributed by atoms with Crippen LogP contribution in [0.5, 0.6) is 5.75 Å². The number of carbonyl (C=O) groups is 1. The molecule has 1 fully saturated rings. The molecular formula is C34H35N7O4S. The van der Waals surface area contributed by atoms with Crippen LogP contribution in [-0.2, 0) is 21.2 Å². The molecule has 1 aliphatic rings. The molecule has 3 aromatic heterocycles. The largest absolute Gasteiger partial charge is 0.496 e. The maximum absolute atomic E-state index is 12.7. The first kappa shape index (κ1) is 30.9. The lowest BCUT2D eigenvalue weighted by Crippen LogP contribution is -2.34. The summed E-state index contributed by atoms with van der Waals surface area (Å²) in [6.07, 6.45) is 4.26. The molecule has 236 valence electrons. The van der Waals surface area contributed by atoms with Crippen LogP contribution in [0.3, 0.4) is 0 Å². The van der Waals surface area contributed by atoms with Crippen molar-refractivity contribution in [3.8, 4) is 17.0 Å². The van der Waals surface area contributed by atoms with Crippen LogP contribution >= 0.6 is 0 Å². The lowest BCUT2D eigenvalue weighted by atomic mass is 10.0. The number of nitrogens with one attached hydrogen (secondary N) is 1. The van der Waals surface area contributed by atoms with Crippen LogP contribution in [0.25, 0.3) is 22.3 Å². The van der Waals surface area contributed by atoms with Crippen molar-refractivity contribution < 1.29 is 17.9 Å². The zero-order chi connectivity index (χ0) is 32.3. The lowest BCUT2D eigenvalue weighted by molar-refractivity contribution is -0.111. The highest BCUT2D eigenvalue weighted by Crippen LogP contribution is 2.40. The zero-order valence-electron chi connectivity index (χ0n) is 25.6. The van der Waals surface area contributed by atoms with E-state index in [1.807, 2.05) is 31.2 Å². The minimum absolute atomic E-state index is 0.111. The average molecular weight is 638 g/mol. The second-order valence-electron chi connectivity index (χ2n) is 11.2. The molecule has 6 rings (SSSR count). The van der Waals surface area contributed by atoms with Crippen molar-refractivity contribution in [3.63, 3.8) is 0 Å². The van der Waals surface area contributed by atoms with Gasteiger partial charge in [-0.15, -0.1) is 0 Å².